The van der Waals surface area contributed by atoms with Crippen molar-refractivity contribution < 1.29 is 21.7 Å². The zero-order chi connectivity index (χ0) is 12.7. The number of nitrogens with zero attached hydrogens (tertiary/aromatic N) is 1. The summed E-state index contributed by atoms with van der Waals surface area (Å²) in [6, 6.07) is 0. The van der Waals surface area contributed by atoms with Crippen molar-refractivity contribution in [3.8, 4) is 0 Å². The highest BCUT2D eigenvalue weighted by molar-refractivity contribution is 6.50. The molecule has 1 saturated heterocycles. The summed E-state index contributed by atoms with van der Waals surface area (Å²) < 4.78 is 40.4. The lowest BCUT2D eigenvalue weighted by atomic mass is 10.3. The average molecular weight is 243 g/mol. The van der Waals surface area contributed by atoms with Gasteiger partial charge in [-0.3, -0.25) is 0 Å². The molecule has 0 unspecified atom stereocenters. The molecule has 0 bridgehead atoms. The first kappa shape index (κ1) is 15.7. The maximum absolute atomic E-state index is 9.75. The number of quaternary nitrogens is 1. The smallest absolute Gasteiger partial charge is 0.418 e. The molecule has 0 saturated carbocycles. The van der Waals surface area contributed by atoms with E-state index in [4.69, 9.17) is 0 Å². The number of hydrogen-bond acceptors (Lipinski definition) is 0. The van der Waals surface area contributed by atoms with Crippen LogP contribution in [0.5, 0.6) is 0 Å². The quantitative estimate of drug-likeness (QED) is 0.401. The molecule has 0 aliphatic carbocycles. The number of unbranched alkanes of at least 4 members (excludes halogenated alkanes) is 1. The Morgan fingerprint density at radius 2 is 1.44 bits per heavy atom. The highest BCUT2D eigenvalue weighted by Crippen LogP contribution is 2.19. The van der Waals surface area contributed by atoms with Crippen LogP contribution in [0.15, 0.2) is 0 Å². The Bertz CT molecular complexity index is 172. The topological polar surface area (TPSA) is 0 Å². The first-order valence-electron chi connectivity index (χ1n) is 6.05. The molecule has 1 nitrogen and oxygen atoms in total. The first-order chi connectivity index (χ1) is 7.33. The standard InChI is InChI=1S/C10H22N.BF4/c1-3-5-8-11(4-2)9-6-7-10-11;2-1(3,4)5/h3-10H2,1-2H3;/q+1;-1. The van der Waals surface area contributed by atoms with Crippen LogP contribution in [0.25, 0.3) is 0 Å². The molecule has 6 heteroatoms. The largest absolute Gasteiger partial charge is 0.673 e. The molecule has 0 N–H and O–H groups in total. The van der Waals surface area contributed by atoms with E-state index in [9.17, 15) is 17.3 Å². The molecule has 0 spiro atoms. The highest BCUT2D eigenvalue weighted by Gasteiger charge is 2.28. The monoisotopic (exact) mass is 243 g/mol. The lowest BCUT2D eigenvalue weighted by Gasteiger charge is -2.32. The van der Waals surface area contributed by atoms with Crippen LogP contribution >= 0.6 is 0 Å². The van der Waals surface area contributed by atoms with Crippen LogP contribution in [0.4, 0.5) is 17.3 Å². The van der Waals surface area contributed by atoms with Crippen molar-refractivity contribution in [2.24, 2.45) is 0 Å². The van der Waals surface area contributed by atoms with Crippen molar-refractivity contribution in [3.63, 3.8) is 0 Å². The Kier molecular flexibility index (Phi) is 7.03. The van der Waals surface area contributed by atoms with Gasteiger partial charge in [-0.1, -0.05) is 13.3 Å². The van der Waals surface area contributed by atoms with Gasteiger partial charge >= 0.3 is 7.25 Å². The summed E-state index contributed by atoms with van der Waals surface area (Å²) in [4.78, 5) is 0. The van der Waals surface area contributed by atoms with Gasteiger partial charge in [-0.05, 0) is 13.3 Å². The van der Waals surface area contributed by atoms with Gasteiger partial charge in [0.1, 0.15) is 0 Å². The molecular formula is C10H22BF4N. The number of halogens is 4. The third kappa shape index (κ3) is 7.96. The predicted molar refractivity (Wildman–Crippen MR) is 59.7 cm³/mol. The molecule has 1 fully saturated rings. The van der Waals surface area contributed by atoms with Crippen LogP contribution < -0.4 is 0 Å². The molecule has 98 valence electrons. The van der Waals surface area contributed by atoms with Crippen LogP contribution in [0, 0.1) is 0 Å². The van der Waals surface area contributed by atoms with E-state index in [1.807, 2.05) is 0 Å². The van der Waals surface area contributed by atoms with Gasteiger partial charge in [-0.25, -0.2) is 0 Å². The van der Waals surface area contributed by atoms with Gasteiger partial charge < -0.3 is 21.7 Å². The Morgan fingerprint density at radius 3 is 1.75 bits per heavy atom. The van der Waals surface area contributed by atoms with Crippen molar-refractivity contribution in [2.75, 3.05) is 26.2 Å². The van der Waals surface area contributed by atoms with Gasteiger partial charge in [0.05, 0.1) is 26.2 Å². The molecule has 0 amide bonds. The highest BCUT2D eigenvalue weighted by atomic mass is 19.5. The SMILES string of the molecule is CCCC[N+]1(CC)CCCC1.F[B-](F)(F)F. The van der Waals surface area contributed by atoms with E-state index >= 15 is 0 Å². The number of likely N-dealkylation sites (tertiary alicyclic amines) is 1. The normalized spacial score (nSPS) is 19.1. The van der Waals surface area contributed by atoms with E-state index in [1.165, 1.54) is 56.3 Å². The van der Waals surface area contributed by atoms with E-state index in [0.29, 0.717) is 0 Å². The van der Waals surface area contributed by atoms with Gasteiger partial charge in [0.2, 0.25) is 0 Å². The summed E-state index contributed by atoms with van der Waals surface area (Å²) in [6.45, 7) is 10.4. The Hall–Kier alpha value is -0.255. The van der Waals surface area contributed by atoms with Crippen LogP contribution in [-0.4, -0.2) is 37.9 Å². The van der Waals surface area contributed by atoms with E-state index in [-0.39, 0.29) is 0 Å². The van der Waals surface area contributed by atoms with Gasteiger partial charge in [0, 0.05) is 12.8 Å². The van der Waals surface area contributed by atoms with Crippen molar-refractivity contribution in [1.29, 1.82) is 0 Å². The minimum atomic E-state index is -6.00. The van der Waals surface area contributed by atoms with Crippen LogP contribution in [0.3, 0.4) is 0 Å². The molecule has 0 aromatic rings. The summed E-state index contributed by atoms with van der Waals surface area (Å²) in [5.41, 5.74) is 0. The van der Waals surface area contributed by atoms with Crippen molar-refractivity contribution >= 4 is 7.25 Å². The van der Waals surface area contributed by atoms with Crippen LogP contribution in [-0.2, 0) is 0 Å². The zero-order valence-corrected chi connectivity index (χ0v) is 10.2. The summed E-state index contributed by atoms with van der Waals surface area (Å²) in [6.07, 6.45) is 5.73. The third-order valence-electron chi connectivity index (χ3n) is 3.17. The lowest BCUT2D eigenvalue weighted by Crippen LogP contribution is -2.45. The molecule has 1 rings (SSSR count). The molecule has 0 atom stereocenters. The van der Waals surface area contributed by atoms with Crippen LogP contribution in [0.2, 0.25) is 0 Å². The fourth-order valence-electron chi connectivity index (χ4n) is 2.20. The third-order valence-corrected chi connectivity index (χ3v) is 3.17. The lowest BCUT2D eigenvalue weighted by molar-refractivity contribution is -0.915. The minimum absolute atomic E-state index is 1.36. The van der Waals surface area contributed by atoms with Crippen molar-refractivity contribution in [2.45, 2.75) is 39.5 Å². The second-order valence-corrected chi connectivity index (χ2v) is 4.38. The van der Waals surface area contributed by atoms with Gasteiger partial charge in [-0.2, -0.15) is 0 Å². The second kappa shape index (κ2) is 7.15. The first-order valence-corrected chi connectivity index (χ1v) is 6.05. The fraction of sp³-hybridized carbons (Fsp3) is 1.00. The minimum Gasteiger partial charge on any atom is -0.418 e. The van der Waals surface area contributed by atoms with E-state index in [1.54, 1.807) is 0 Å². The molecular weight excluding hydrogens is 221 g/mol. The second-order valence-electron chi connectivity index (χ2n) is 4.38. The Balaban J connectivity index is 0.000000385. The summed E-state index contributed by atoms with van der Waals surface area (Å²) in [5.74, 6) is 0. The molecule has 1 heterocycles. The van der Waals surface area contributed by atoms with Crippen LogP contribution in [0.1, 0.15) is 39.5 Å². The zero-order valence-electron chi connectivity index (χ0n) is 10.2. The van der Waals surface area contributed by atoms with Gasteiger partial charge in [-0.15, -0.1) is 0 Å². The number of hydrogen-bond donors (Lipinski definition) is 0. The Labute approximate surface area is 95.5 Å². The fourth-order valence-corrected chi connectivity index (χ4v) is 2.20. The predicted octanol–water partition coefficient (Wildman–Crippen LogP) is 3.72. The molecule has 0 aromatic carbocycles. The Morgan fingerprint density at radius 1 is 1.00 bits per heavy atom. The summed E-state index contributed by atoms with van der Waals surface area (Å²) >= 11 is 0. The summed E-state index contributed by atoms with van der Waals surface area (Å²) in [5, 5.41) is 0. The summed E-state index contributed by atoms with van der Waals surface area (Å²) in [7, 11) is -6.00. The molecule has 0 radical (unpaired) electrons. The van der Waals surface area contributed by atoms with E-state index in [0.717, 1.165) is 0 Å². The maximum Gasteiger partial charge on any atom is 0.673 e. The van der Waals surface area contributed by atoms with E-state index < -0.39 is 7.25 Å². The molecule has 1 aliphatic rings. The molecule has 0 aromatic heterocycles. The maximum atomic E-state index is 9.75. The molecule has 1 aliphatic heterocycles. The van der Waals surface area contributed by atoms with E-state index in [2.05, 4.69) is 13.8 Å². The van der Waals surface area contributed by atoms with Crippen molar-refractivity contribution in [1.82, 2.24) is 0 Å². The van der Waals surface area contributed by atoms with Gasteiger partial charge in [0.25, 0.3) is 0 Å². The van der Waals surface area contributed by atoms with Crippen molar-refractivity contribution in [3.05, 3.63) is 0 Å². The van der Waals surface area contributed by atoms with Gasteiger partial charge in [0.15, 0.2) is 0 Å². The number of rotatable bonds is 4. The molecule has 16 heavy (non-hydrogen) atoms. The average Bonchev–Trinajstić information content (AvgIpc) is 2.61.